The van der Waals surface area contributed by atoms with Crippen molar-refractivity contribution in [2.75, 3.05) is 19.8 Å². The van der Waals surface area contributed by atoms with E-state index in [1.807, 2.05) is 0 Å². The molecule has 0 unspecified atom stereocenters. The Morgan fingerprint density at radius 3 is 1.53 bits per heavy atom. The molecule has 200 valence electrons. The van der Waals surface area contributed by atoms with Crippen LogP contribution in [-0.4, -0.2) is 168 Å². The van der Waals surface area contributed by atoms with E-state index in [9.17, 15) is 56.2 Å². The highest BCUT2D eigenvalue weighted by Gasteiger charge is 2.51. The first-order chi connectivity index (χ1) is 16.0. The molecule has 3 aliphatic heterocycles. The summed E-state index contributed by atoms with van der Waals surface area (Å²) in [7, 11) is 0. The first-order valence-electron chi connectivity index (χ1n) is 10.6. The zero-order valence-corrected chi connectivity index (χ0v) is 17.7. The number of hydrogen-bond acceptors (Lipinski definition) is 16. The molecule has 0 bridgehead atoms. The molecular formula is C18H32O16. The van der Waals surface area contributed by atoms with Crippen LogP contribution in [0.2, 0.25) is 0 Å². The molecule has 0 aliphatic carbocycles. The van der Waals surface area contributed by atoms with E-state index in [2.05, 4.69) is 0 Å². The van der Waals surface area contributed by atoms with E-state index in [0.717, 1.165) is 0 Å². The number of aliphatic hydroxyl groups is 11. The lowest BCUT2D eigenvalue weighted by Crippen LogP contribution is -2.65. The van der Waals surface area contributed by atoms with Crippen LogP contribution in [0.3, 0.4) is 0 Å². The van der Waals surface area contributed by atoms with Gasteiger partial charge in [-0.3, -0.25) is 0 Å². The molecule has 11 N–H and O–H groups in total. The van der Waals surface area contributed by atoms with Gasteiger partial charge in [0, 0.05) is 0 Å². The summed E-state index contributed by atoms with van der Waals surface area (Å²) in [5.74, 6) is 0. The number of ether oxygens (including phenoxy) is 5. The van der Waals surface area contributed by atoms with Gasteiger partial charge in [-0.25, -0.2) is 0 Å². The molecule has 0 aromatic heterocycles. The molecule has 3 aliphatic rings. The zero-order chi connectivity index (χ0) is 25.3. The summed E-state index contributed by atoms with van der Waals surface area (Å²) in [5, 5.41) is 109. The van der Waals surface area contributed by atoms with Crippen molar-refractivity contribution >= 4 is 0 Å². The van der Waals surface area contributed by atoms with E-state index in [-0.39, 0.29) is 0 Å². The third kappa shape index (κ3) is 5.52. The molecule has 3 rings (SSSR count). The van der Waals surface area contributed by atoms with Gasteiger partial charge in [0.05, 0.1) is 19.8 Å². The standard InChI is InChI=1S/C18H32O16/c19-1-4-7(21)9(23)13(27)17(32-4)30-3-6-15(11(25)12(26)16(29)31-6)34-18-14(28)10(24)8(22)5(2-20)33-18/h4-29H,1-3H2/t4-,5-,6-,7-,8-,9+,10+,11-,12-,13-,14-,15-,16-,17+,18+/m1/s1. The van der Waals surface area contributed by atoms with Crippen molar-refractivity contribution in [1.29, 1.82) is 0 Å². The maximum atomic E-state index is 10.4. The van der Waals surface area contributed by atoms with Crippen LogP contribution in [0.15, 0.2) is 0 Å². The summed E-state index contributed by atoms with van der Waals surface area (Å²) >= 11 is 0. The first-order valence-corrected chi connectivity index (χ1v) is 10.6. The van der Waals surface area contributed by atoms with E-state index < -0.39 is 112 Å². The van der Waals surface area contributed by atoms with Crippen molar-refractivity contribution in [3.8, 4) is 0 Å². The molecule has 0 aromatic rings. The van der Waals surface area contributed by atoms with Gasteiger partial charge < -0.3 is 79.9 Å². The molecule has 34 heavy (non-hydrogen) atoms. The first kappa shape index (κ1) is 27.9. The Labute approximate surface area is 192 Å². The maximum absolute atomic E-state index is 10.4. The monoisotopic (exact) mass is 504 g/mol. The molecule has 3 heterocycles. The van der Waals surface area contributed by atoms with E-state index in [4.69, 9.17) is 23.7 Å². The van der Waals surface area contributed by atoms with E-state index >= 15 is 0 Å². The van der Waals surface area contributed by atoms with Crippen LogP contribution in [0.1, 0.15) is 0 Å². The SMILES string of the molecule is OC[C@H]1O[C@@H](O[C@H]2[C@H](O)[C@@H](O)[C@H](O)O[C@@H]2CO[C@H]2O[C@H](CO)[C@@H](O)[C@H](O)[C@H]2O)[C@H](O)[C@@H](O)[C@@H]1O. The third-order valence-electron chi connectivity index (χ3n) is 6.07. The lowest BCUT2D eigenvalue weighted by Gasteiger charge is -2.46. The maximum Gasteiger partial charge on any atom is 0.187 e. The van der Waals surface area contributed by atoms with E-state index in [1.165, 1.54) is 0 Å². The fraction of sp³-hybridized carbons (Fsp3) is 1.00. The van der Waals surface area contributed by atoms with E-state index in [1.54, 1.807) is 0 Å². The van der Waals surface area contributed by atoms with Crippen molar-refractivity contribution < 1.29 is 79.9 Å². The molecule has 0 radical (unpaired) electrons. The molecule has 15 atom stereocenters. The smallest absolute Gasteiger partial charge is 0.187 e. The van der Waals surface area contributed by atoms with Gasteiger partial charge in [0.15, 0.2) is 18.9 Å². The second-order valence-electron chi connectivity index (χ2n) is 8.37. The number of rotatable bonds is 7. The summed E-state index contributed by atoms with van der Waals surface area (Å²) in [5.41, 5.74) is 0. The number of aliphatic hydroxyl groups excluding tert-OH is 11. The molecule has 0 amide bonds. The minimum atomic E-state index is -1.91. The van der Waals surface area contributed by atoms with Crippen LogP contribution in [0, 0.1) is 0 Å². The summed E-state index contributed by atoms with van der Waals surface area (Å²) in [4.78, 5) is 0. The summed E-state index contributed by atoms with van der Waals surface area (Å²) in [6.07, 6.45) is -25.0. The summed E-state index contributed by atoms with van der Waals surface area (Å²) in [6, 6.07) is 0. The van der Waals surface area contributed by atoms with Crippen LogP contribution in [0.5, 0.6) is 0 Å². The summed E-state index contributed by atoms with van der Waals surface area (Å²) in [6.45, 7) is -2.08. The predicted octanol–water partition coefficient (Wildman–Crippen LogP) is -7.57. The molecule has 0 aromatic carbocycles. The third-order valence-corrected chi connectivity index (χ3v) is 6.07. The minimum absolute atomic E-state index is 0.619. The quantitative estimate of drug-likeness (QED) is 0.154. The Morgan fingerprint density at radius 2 is 1.00 bits per heavy atom. The largest absolute Gasteiger partial charge is 0.394 e. The fourth-order valence-electron chi connectivity index (χ4n) is 3.95. The summed E-state index contributed by atoms with van der Waals surface area (Å²) < 4.78 is 26.4. The average molecular weight is 504 g/mol. The van der Waals surface area contributed by atoms with Gasteiger partial charge in [0.1, 0.15) is 73.2 Å². The van der Waals surface area contributed by atoms with Gasteiger partial charge in [0.2, 0.25) is 0 Å². The molecule has 0 spiro atoms. The van der Waals surface area contributed by atoms with Gasteiger partial charge in [-0.15, -0.1) is 0 Å². The van der Waals surface area contributed by atoms with Crippen molar-refractivity contribution in [3.05, 3.63) is 0 Å². The molecular weight excluding hydrogens is 472 g/mol. The fourth-order valence-corrected chi connectivity index (χ4v) is 3.95. The van der Waals surface area contributed by atoms with Crippen LogP contribution >= 0.6 is 0 Å². The van der Waals surface area contributed by atoms with Crippen LogP contribution in [-0.2, 0) is 23.7 Å². The Kier molecular flexibility index (Phi) is 9.54. The topological polar surface area (TPSA) is 269 Å². The second-order valence-corrected chi connectivity index (χ2v) is 8.37. The Morgan fingerprint density at radius 1 is 0.500 bits per heavy atom. The molecule has 16 heteroatoms. The number of hydrogen-bond donors (Lipinski definition) is 11. The highest BCUT2D eigenvalue weighted by molar-refractivity contribution is 4.94. The Hall–Kier alpha value is -0.640. The van der Waals surface area contributed by atoms with Crippen LogP contribution < -0.4 is 0 Å². The molecule has 0 saturated carbocycles. The average Bonchev–Trinajstić information content (AvgIpc) is 2.82. The van der Waals surface area contributed by atoms with Crippen molar-refractivity contribution in [2.45, 2.75) is 92.1 Å². The molecule has 3 fully saturated rings. The Bertz CT molecular complexity index is 637. The normalized spacial score (nSPS) is 52.5. The van der Waals surface area contributed by atoms with Gasteiger partial charge in [-0.05, 0) is 0 Å². The second kappa shape index (κ2) is 11.6. The lowest BCUT2D eigenvalue weighted by atomic mass is 9.97. The Balaban J connectivity index is 1.72. The van der Waals surface area contributed by atoms with Gasteiger partial charge >= 0.3 is 0 Å². The van der Waals surface area contributed by atoms with E-state index in [0.29, 0.717) is 0 Å². The molecule has 16 nitrogen and oxygen atoms in total. The van der Waals surface area contributed by atoms with Crippen molar-refractivity contribution in [2.24, 2.45) is 0 Å². The highest BCUT2D eigenvalue weighted by atomic mass is 16.7. The van der Waals surface area contributed by atoms with Gasteiger partial charge in [0.25, 0.3) is 0 Å². The molecule has 3 saturated heterocycles. The van der Waals surface area contributed by atoms with Gasteiger partial charge in [-0.1, -0.05) is 0 Å². The van der Waals surface area contributed by atoms with Crippen LogP contribution in [0.25, 0.3) is 0 Å². The minimum Gasteiger partial charge on any atom is -0.394 e. The predicted molar refractivity (Wildman–Crippen MR) is 101 cm³/mol. The van der Waals surface area contributed by atoms with Gasteiger partial charge in [-0.2, -0.15) is 0 Å². The van der Waals surface area contributed by atoms with Crippen LogP contribution in [0.4, 0.5) is 0 Å². The van der Waals surface area contributed by atoms with Crippen molar-refractivity contribution in [3.63, 3.8) is 0 Å². The lowest BCUT2D eigenvalue weighted by molar-refractivity contribution is -0.363. The zero-order valence-electron chi connectivity index (χ0n) is 17.7. The van der Waals surface area contributed by atoms with Crippen molar-refractivity contribution in [1.82, 2.24) is 0 Å². The highest BCUT2D eigenvalue weighted by Crippen LogP contribution is 2.30.